The molecule has 0 radical (unpaired) electrons. The van der Waals surface area contributed by atoms with Crippen LogP contribution >= 0.6 is 11.8 Å². The van der Waals surface area contributed by atoms with Crippen molar-refractivity contribution in [3.05, 3.63) is 54.1 Å². The molecular weight excluding hydrogens is 436 g/mol. The molecule has 2 aromatic carbocycles. The number of rotatable bonds is 8. The molecule has 1 aromatic heterocycles. The van der Waals surface area contributed by atoms with Crippen molar-refractivity contribution in [2.75, 3.05) is 17.3 Å². The van der Waals surface area contributed by atoms with E-state index in [1.165, 1.54) is 13.3 Å². The van der Waals surface area contributed by atoms with Crippen LogP contribution in [0, 0.1) is 0 Å². The number of aromatic nitrogens is 3. The molecule has 1 atom stereocenters. The molecule has 0 saturated carbocycles. The van der Waals surface area contributed by atoms with E-state index in [0.29, 0.717) is 34.8 Å². The maximum absolute atomic E-state index is 12.9. The quantitative estimate of drug-likeness (QED) is 0.314. The van der Waals surface area contributed by atoms with E-state index in [1.54, 1.807) is 16.7 Å². The van der Waals surface area contributed by atoms with Gasteiger partial charge in [-0.05, 0) is 31.5 Å². The number of carbonyl (C=O) groups excluding carboxylic acids is 1. The molecule has 33 heavy (non-hydrogen) atoms. The predicted molar refractivity (Wildman–Crippen MR) is 130 cm³/mol. The Morgan fingerprint density at radius 2 is 1.88 bits per heavy atom. The number of carbonyl (C=O) groups is 1. The largest absolute Gasteiger partial charge is 0.493 e. The molecule has 1 amide bonds. The normalized spacial score (nSPS) is 14.6. The van der Waals surface area contributed by atoms with Crippen molar-refractivity contribution < 1.29 is 14.3 Å². The van der Waals surface area contributed by atoms with Crippen LogP contribution in [0.5, 0.6) is 11.6 Å². The molecule has 7 nitrogen and oxygen atoms in total. The van der Waals surface area contributed by atoms with Gasteiger partial charge in [0.1, 0.15) is 5.75 Å². The van der Waals surface area contributed by atoms with Crippen LogP contribution in [0.2, 0.25) is 0 Å². The first-order valence-electron chi connectivity index (χ1n) is 11.3. The van der Waals surface area contributed by atoms with Gasteiger partial charge in [-0.25, -0.2) is 0 Å². The third-order valence-electron chi connectivity index (χ3n) is 5.31. The van der Waals surface area contributed by atoms with Crippen molar-refractivity contribution >= 4 is 23.4 Å². The third kappa shape index (κ3) is 4.95. The van der Waals surface area contributed by atoms with Crippen molar-refractivity contribution in [1.29, 1.82) is 0 Å². The molecule has 0 bridgehead atoms. The number of hydrogen-bond donors (Lipinski definition) is 0. The van der Waals surface area contributed by atoms with Gasteiger partial charge in [0, 0.05) is 18.2 Å². The van der Waals surface area contributed by atoms with Gasteiger partial charge in [0.25, 0.3) is 0 Å². The first kappa shape index (κ1) is 23.0. The Kier molecular flexibility index (Phi) is 7.44. The van der Waals surface area contributed by atoms with Crippen LogP contribution in [0.4, 0.5) is 5.69 Å². The average molecular weight is 465 g/mol. The zero-order valence-corrected chi connectivity index (χ0v) is 20.0. The Balaban J connectivity index is 1.82. The molecule has 0 spiro atoms. The Morgan fingerprint density at radius 1 is 1.09 bits per heavy atom. The molecule has 1 aliphatic rings. The van der Waals surface area contributed by atoms with Crippen LogP contribution < -0.4 is 14.4 Å². The number of anilines is 1. The maximum atomic E-state index is 12.9. The van der Waals surface area contributed by atoms with E-state index in [-0.39, 0.29) is 5.91 Å². The zero-order valence-electron chi connectivity index (χ0n) is 19.2. The van der Waals surface area contributed by atoms with Gasteiger partial charge in [-0.1, -0.05) is 61.9 Å². The van der Waals surface area contributed by atoms with Gasteiger partial charge in [0.2, 0.25) is 23.2 Å². The minimum atomic E-state index is -0.762. The van der Waals surface area contributed by atoms with Gasteiger partial charge in [-0.15, -0.1) is 10.2 Å². The lowest BCUT2D eigenvalue weighted by atomic mass is 10.1. The van der Waals surface area contributed by atoms with Gasteiger partial charge >= 0.3 is 0 Å². The molecule has 0 saturated heterocycles. The highest BCUT2D eigenvalue weighted by Crippen LogP contribution is 2.44. The molecule has 0 aliphatic carbocycles. The lowest BCUT2D eigenvalue weighted by Crippen LogP contribution is -2.36. The van der Waals surface area contributed by atoms with Crippen LogP contribution in [0.15, 0.2) is 53.7 Å². The van der Waals surface area contributed by atoms with Gasteiger partial charge in [0.15, 0.2) is 5.69 Å². The van der Waals surface area contributed by atoms with Crippen LogP contribution in [-0.2, 0) is 4.79 Å². The van der Waals surface area contributed by atoms with Gasteiger partial charge in [-0.3, -0.25) is 9.69 Å². The minimum absolute atomic E-state index is 0.159. The second-order valence-corrected chi connectivity index (χ2v) is 8.71. The number of nitrogens with zero attached hydrogens (tertiary/aromatic N) is 4. The summed E-state index contributed by atoms with van der Waals surface area (Å²) in [6.45, 7) is 6.13. The minimum Gasteiger partial charge on any atom is -0.493 e. The number of ether oxygens (including phenoxy) is 2. The summed E-state index contributed by atoms with van der Waals surface area (Å²) in [6.07, 6.45) is 2.65. The second-order valence-electron chi connectivity index (χ2n) is 7.65. The summed E-state index contributed by atoms with van der Waals surface area (Å²) in [7, 11) is 0. The number of thioether (sulfide) groups is 1. The fraction of sp³-hybridized carbons (Fsp3) is 0.360. The lowest BCUT2D eigenvalue weighted by Gasteiger charge is -2.30. The van der Waals surface area contributed by atoms with Crippen molar-refractivity contribution in [1.82, 2.24) is 15.2 Å². The number of para-hydroxylation sites is 2. The van der Waals surface area contributed by atoms with Crippen molar-refractivity contribution in [3.63, 3.8) is 0 Å². The molecule has 0 fully saturated rings. The number of amides is 1. The fourth-order valence-corrected chi connectivity index (χ4v) is 4.58. The van der Waals surface area contributed by atoms with E-state index in [0.717, 1.165) is 29.7 Å². The average Bonchev–Trinajstić information content (AvgIpc) is 2.97. The Morgan fingerprint density at radius 3 is 2.67 bits per heavy atom. The summed E-state index contributed by atoms with van der Waals surface area (Å²) in [6, 6.07) is 15.2. The molecular formula is C25H28N4O3S. The van der Waals surface area contributed by atoms with Gasteiger partial charge < -0.3 is 9.47 Å². The summed E-state index contributed by atoms with van der Waals surface area (Å²) >= 11 is 1.57. The summed E-state index contributed by atoms with van der Waals surface area (Å²) in [5.74, 6) is 1.78. The highest BCUT2D eigenvalue weighted by atomic mass is 32.2. The third-order valence-corrected chi connectivity index (χ3v) is 6.24. The second kappa shape index (κ2) is 10.7. The van der Waals surface area contributed by atoms with E-state index in [2.05, 4.69) is 17.1 Å². The molecule has 1 unspecified atom stereocenters. The number of benzene rings is 2. The number of hydrogen-bond acceptors (Lipinski definition) is 7. The lowest BCUT2D eigenvalue weighted by molar-refractivity contribution is -0.118. The molecule has 172 valence electrons. The number of unbranched alkanes of at least 4 members (excludes halogenated alkanes) is 2. The fourth-order valence-electron chi connectivity index (χ4n) is 3.80. The molecule has 4 rings (SSSR count). The van der Waals surface area contributed by atoms with Crippen molar-refractivity contribution in [2.24, 2.45) is 0 Å². The molecule has 0 N–H and O–H groups in total. The summed E-state index contributed by atoms with van der Waals surface area (Å²) in [5.41, 5.74) is 2.71. The zero-order chi connectivity index (χ0) is 23.2. The standard InChI is InChI=1S/C25H28N4O3S/c1-4-6-11-16-33-25-26-23-22(27-28-25)18-12-7-9-14-20(18)29(17(3)30)24(32-23)19-13-8-10-15-21(19)31-5-2/h7-10,12-15,24H,4-6,11,16H2,1-3H3. The van der Waals surface area contributed by atoms with E-state index in [1.807, 2.05) is 55.5 Å². The van der Waals surface area contributed by atoms with E-state index in [9.17, 15) is 4.79 Å². The first-order valence-corrected chi connectivity index (χ1v) is 12.3. The molecule has 8 heteroatoms. The van der Waals surface area contributed by atoms with Crippen LogP contribution in [0.1, 0.15) is 51.8 Å². The Labute approximate surface area is 198 Å². The van der Waals surface area contributed by atoms with Gasteiger partial charge in [-0.2, -0.15) is 4.98 Å². The van der Waals surface area contributed by atoms with E-state index < -0.39 is 6.23 Å². The van der Waals surface area contributed by atoms with Crippen LogP contribution in [0.3, 0.4) is 0 Å². The highest BCUT2D eigenvalue weighted by Gasteiger charge is 2.35. The van der Waals surface area contributed by atoms with E-state index in [4.69, 9.17) is 14.5 Å². The SMILES string of the molecule is CCCCCSc1nnc2c(n1)OC(c1ccccc1OCC)N(C(C)=O)c1ccccc1-2. The molecule has 1 aliphatic heterocycles. The van der Waals surface area contributed by atoms with Crippen LogP contribution in [0.25, 0.3) is 11.3 Å². The van der Waals surface area contributed by atoms with Crippen molar-refractivity contribution in [3.8, 4) is 22.9 Å². The Hall–Kier alpha value is -3.13. The van der Waals surface area contributed by atoms with Crippen LogP contribution in [-0.4, -0.2) is 33.4 Å². The monoisotopic (exact) mass is 464 g/mol. The maximum Gasteiger partial charge on any atom is 0.247 e. The topological polar surface area (TPSA) is 77.4 Å². The van der Waals surface area contributed by atoms with Crippen molar-refractivity contribution in [2.45, 2.75) is 51.4 Å². The summed E-state index contributed by atoms with van der Waals surface area (Å²) < 4.78 is 12.3. The van der Waals surface area contributed by atoms with Gasteiger partial charge in [0.05, 0.1) is 17.9 Å². The number of fused-ring (bicyclic) bond motifs is 3. The van der Waals surface area contributed by atoms with E-state index >= 15 is 0 Å². The molecule has 3 aromatic rings. The summed E-state index contributed by atoms with van der Waals surface area (Å²) in [5, 5.41) is 9.38. The smallest absolute Gasteiger partial charge is 0.247 e. The first-order chi connectivity index (χ1) is 16.1. The Bertz CT molecular complexity index is 1120. The highest BCUT2D eigenvalue weighted by molar-refractivity contribution is 7.99. The predicted octanol–water partition coefficient (Wildman–Crippen LogP) is 5.66. The summed E-state index contributed by atoms with van der Waals surface area (Å²) in [4.78, 5) is 19.3. The molecule has 2 heterocycles.